The molecule has 0 unspecified atom stereocenters. The third-order valence-electron chi connectivity index (χ3n) is 4.99. The first-order valence-corrected chi connectivity index (χ1v) is 9.20. The Balaban J connectivity index is 1.74. The van der Waals surface area contributed by atoms with Gasteiger partial charge in [-0.2, -0.15) is 0 Å². The van der Waals surface area contributed by atoms with E-state index < -0.39 is 0 Å². The number of carbonyl (C=O) groups excluding carboxylic acids is 2. The largest absolute Gasteiger partial charge is 0.367 e. The second kappa shape index (κ2) is 7.78. The smallest absolute Gasteiger partial charge is 0.257 e. The first kappa shape index (κ1) is 18.9. The van der Waals surface area contributed by atoms with Crippen molar-refractivity contribution >= 4 is 23.2 Å². The number of amides is 2. The fraction of sp³-hybridized carbons (Fsp3) is 0.381. The second-order valence-electron chi connectivity index (χ2n) is 7.15. The van der Waals surface area contributed by atoms with E-state index in [1.165, 1.54) is 5.56 Å². The molecule has 1 saturated heterocycles. The third kappa shape index (κ3) is 4.27. The molecule has 6 nitrogen and oxygen atoms in total. The normalized spacial score (nSPS) is 14.2. The van der Waals surface area contributed by atoms with Crippen LogP contribution in [0.3, 0.4) is 0 Å². The number of rotatable bonds is 3. The Kier molecular flexibility index (Phi) is 5.44. The highest BCUT2D eigenvalue weighted by Crippen LogP contribution is 2.23. The predicted octanol–water partition coefficient (Wildman–Crippen LogP) is 2.93. The van der Waals surface area contributed by atoms with Crippen LogP contribution in [0.2, 0.25) is 0 Å². The molecule has 3 rings (SSSR count). The molecule has 1 aliphatic heterocycles. The Hall–Kier alpha value is -2.89. The molecule has 2 heterocycles. The lowest BCUT2D eigenvalue weighted by atomic mass is 10.0. The van der Waals surface area contributed by atoms with Gasteiger partial charge in [0.05, 0.1) is 17.4 Å². The van der Waals surface area contributed by atoms with Crippen LogP contribution in [-0.4, -0.2) is 47.9 Å². The molecule has 0 saturated carbocycles. The van der Waals surface area contributed by atoms with Crippen LogP contribution >= 0.6 is 0 Å². The zero-order valence-electron chi connectivity index (χ0n) is 16.4. The SMILES string of the molecule is CC(=O)N1CCN(c2cncc(C(=O)Nc3c(C)cc(C)cc3C)c2)CC1. The summed E-state index contributed by atoms with van der Waals surface area (Å²) in [6.07, 6.45) is 3.35. The van der Waals surface area contributed by atoms with E-state index in [1.54, 1.807) is 19.3 Å². The van der Waals surface area contributed by atoms with E-state index in [4.69, 9.17) is 0 Å². The highest BCUT2D eigenvalue weighted by atomic mass is 16.2. The number of nitrogens with one attached hydrogen (secondary N) is 1. The molecule has 0 spiro atoms. The van der Waals surface area contributed by atoms with Crippen LogP contribution in [0, 0.1) is 20.8 Å². The molecule has 0 aliphatic carbocycles. The van der Waals surface area contributed by atoms with Gasteiger partial charge in [-0.15, -0.1) is 0 Å². The summed E-state index contributed by atoms with van der Waals surface area (Å²) >= 11 is 0. The van der Waals surface area contributed by atoms with Crippen molar-refractivity contribution < 1.29 is 9.59 Å². The fourth-order valence-electron chi connectivity index (χ4n) is 3.57. The molecular weight excluding hydrogens is 340 g/mol. The minimum Gasteiger partial charge on any atom is -0.367 e. The zero-order valence-corrected chi connectivity index (χ0v) is 16.4. The van der Waals surface area contributed by atoms with Gasteiger partial charge >= 0.3 is 0 Å². The van der Waals surface area contributed by atoms with Crippen LogP contribution in [0.5, 0.6) is 0 Å². The minimum absolute atomic E-state index is 0.102. The van der Waals surface area contributed by atoms with Crippen LogP contribution in [0.1, 0.15) is 34.0 Å². The maximum Gasteiger partial charge on any atom is 0.257 e. The monoisotopic (exact) mass is 366 g/mol. The molecule has 0 radical (unpaired) electrons. The van der Waals surface area contributed by atoms with Crippen molar-refractivity contribution in [3.05, 3.63) is 52.8 Å². The van der Waals surface area contributed by atoms with E-state index in [9.17, 15) is 9.59 Å². The summed E-state index contributed by atoms with van der Waals surface area (Å²) in [5.41, 5.74) is 5.56. The minimum atomic E-state index is -0.165. The topological polar surface area (TPSA) is 65.5 Å². The van der Waals surface area contributed by atoms with Gasteiger partial charge in [0.2, 0.25) is 5.91 Å². The second-order valence-corrected chi connectivity index (χ2v) is 7.15. The van der Waals surface area contributed by atoms with Gasteiger partial charge in [0.25, 0.3) is 5.91 Å². The molecule has 2 aromatic rings. The molecule has 0 atom stereocenters. The lowest BCUT2D eigenvalue weighted by molar-refractivity contribution is -0.129. The number of piperazine rings is 1. The molecule has 1 N–H and O–H groups in total. The Labute approximate surface area is 160 Å². The summed E-state index contributed by atoms with van der Waals surface area (Å²) in [6.45, 7) is 10.5. The van der Waals surface area contributed by atoms with Crippen molar-refractivity contribution in [2.75, 3.05) is 36.4 Å². The van der Waals surface area contributed by atoms with Gasteiger partial charge in [-0.1, -0.05) is 17.7 Å². The number of hydrogen-bond donors (Lipinski definition) is 1. The van der Waals surface area contributed by atoms with Crippen molar-refractivity contribution in [1.82, 2.24) is 9.88 Å². The number of benzene rings is 1. The van der Waals surface area contributed by atoms with Gasteiger partial charge in [-0.3, -0.25) is 14.6 Å². The number of pyridine rings is 1. The Morgan fingerprint density at radius 3 is 2.19 bits per heavy atom. The van der Waals surface area contributed by atoms with Crippen LogP contribution in [0.15, 0.2) is 30.6 Å². The highest BCUT2D eigenvalue weighted by Gasteiger charge is 2.20. The van der Waals surface area contributed by atoms with E-state index in [0.29, 0.717) is 18.7 Å². The summed E-state index contributed by atoms with van der Waals surface area (Å²) in [7, 11) is 0. The molecule has 142 valence electrons. The van der Waals surface area contributed by atoms with Crippen LogP contribution in [0.25, 0.3) is 0 Å². The molecule has 1 fully saturated rings. The van der Waals surface area contributed by atoms with Gasteiger partial charge in [-0.05, 0) is 38.0 Å². The third-order valence-corrected chi connectivity index (χ3v) is 4.99. The average Bonchev–Trinajstić information content (AvgIpc) is 2.64. The summed E-state index contributed by atoms with van der Waals surface area (Å²) in [5, 5.41) is 3.02. The molecule has 0 bridgehead atoms. The number of hydrogen-bond acceptors (Lipinski definition) is 4. The van der Waals surface area contributed by atoms with Gasteiger partial charge < -0.3 is 15.1 Å². The van der Waals surface area contributed by atoms with Crippen LogP contribution in [-0.2, 0) is 4.79 Å². The maximum atomic E-state index is 12.8. The van der Waals surface area contributed by atoms with Crippen molar-refractivity contribution in [3.63, 3.8) is 0 Å². The van der Waals surface area contributed by atoms with Crippen molar-refractivity contribution in [3.8, 4) is 0 Å². The number of nitrogens with zero attached hydrogens (tertiary/aromatic N) is 3. The first-order chi connectivity index (χ1) is 12.8. The molecule has 1 aromatic carbocycles. The van der Waals surface area contributed by atoms with E-state index in [-0.39, 0.29) is 11.8 Å². The van der Waals surface area contributed by atoms with Crippen molar-refractivity contribution in [2.45, 2.75) is 27.7 Å². The van der Waals surface area contributed by atoms with Gasteiger partial charge in [0.1, 0.15) is 0 Å². The maximum absolute atomic E-state index is 12.8. The number of aromatic nitrogens is 1. The Bertz CT molecular complexity index is 847. The standard InChI is InChI=1S/C21H26N4O2/c1-14-9-15(2)20(16(3)10-14)23-21(27)18-11-19(13-22-12-18)25-7-5-24(6-8-25)17(4)26/h9-13H,5-8H2,1-4H3,(H,23,27). The molecule has 1 aromatic heterocycles. The number of anilines is 2. The number of carbonyl (C=O) groups is 2. The molecular formula is C21H26N4O2. The van der Waals surface area contributed by atoms with E-state index in [0.717, 1.165) is 35.6 Å². The first-order valence-electron chi connectivity index (χ1n) is 9.20. The quantitative estimate of drug-likeness (QED) is 0.907. The summed E-state index contributed by atoms with van der Waals surface area (Å²) < 4.78 is 0. The van der Waals surface area contributed by atoms with Gasteiger partial charge in [0, 0.05) is 45.0 Å². The Morgan fingerprint density at radius 2 is 1.59 bits per heavy atom. The van der Waals surface area contributed by atoms with Crippen molar-refractivity contribution in [1.29, 1.82) is 0 Å². The summed E-state index contributed by atoms with van der Waals surface area (Å²) in [5.74, 6) is -0.0634. The molecule has 2 amide bonds. The average molecular weight is 366 g/mol. The predicted molar refractivity (Wildman–Crippen MR) is 107 cm³/mol. The lowest BCUT2D eigenvalue weighted by Crippen LogP contribution is -2.48. The highest BCUT2D eigenvalue weighted by molar-refractivity contribution is 6.05. The van der Waals surface area contributed by atoms with E-state index in [2.05, 4.69) is 27.3 Å². The number of aryl methyl sites for hydroxylation is 3. The van der Waals surface area contributed by atoms with Gasteiger partial charge in [0.15, 0.2) is 0 Å². The zero-order chi connectivity index (χ0) is 19.6. The van der Waals surface area contributed by atoms with Crippen LogP contribution < -0.4 is 10.2 Å². The summed E-state index contributed by atoms with van der Waals surface area (Å²) in [4.78, 5) is 32.5. The molecule has 27 heavy (non-hydrogen) atoms. The van der Waals surface area contributed by atoms with E-state index >= 15 is 0 Å². The Morgan fingerprint density at radius 1 is 0.963 bits per heavy atom. The van der Waals surface area contributed by atoms with Crippen molar-refractivity contribution in [2.24, 2.45) is 0 Å². The summed E-state index contributed by atoms with van der Waals surface area (Å²) in [6, 6.07) is 5.99. The molecule has 6 heteroatoms. The molecule has 1 aliphatic rings. The fourth-order valence-corrected chi connectivity index (χ4v) is 3.57. The van der Waals surface area contributed by atoms with E-state index in [1.807, 2.05) is 31.7 Å². The van der Waals surface area contributed by atoms with Gasteiger partial charge in [-0.25, -0.2) is 0 Å². The van der Waals surface area contributed by atoms with Crippen LogP contribution in [0.4, 0.5) is 11.4 Å². The lowest BCUT2D eigenvalue weighted by Gasteiger charge is -2.35.